The average molecular weight is 158 g/mol. The molecule has 0 amide bonds. The highest BCUT2D eigenvalue weighted by Gasteiger charge is 2.42. The summed E-state index contributed by atoms with van der Waals surface area (Å²) in [5.41, 5.74) is -0.181. The summed E-state index contributed by atoms with van der Waals surface area (Å²) in [6.45, 7) is 4.57. The zero-order valence-electron chi connectivity index (χ0n) is 7.38. The van der Waals surface area contributed by atoms with E-state index in [1.807, 2.05) is 0 Å². The zero-order chi connectivity index (χ0) is 8.48. The van der Waals surface area contributed by atoms with Crippen LogP contribution < -0.4 is 0 Å². The Morgan fingerprint density at radius 3 is 2.00 bits per heavy atom. The Morgan fingerprint density at radius 2 is 1.82 bits per heavy atom. The van der Waals surface area contributed by atoms with Crippen LogP contribution in [0.1, 0.15) is 26.7 Å². The predicted octanol–water partition coefficient (Wildman–Crippen LogP) is 1.02. The molecule has 0 saturated heterocycles. The molecule has 11 heavy (non-hydrogen) atoms. The molecule has 1 fully saturated rings. The van der Waals surface area contributed by atoms with E-state index in [9.17, 15) is 0 Å². The molecule has 2 atom stereocenters. The quantitative estimate of drug-likeness (QED) is 0.630. The minimum Gasteiger partial charge on any atom is -0.396 e. The highest BCUT2D eigenvalue weighted by atomic mass is 16.3. The first-order valence-corrected chi connectivity index (χ1v) is 4.36. The Balaban J connectivity index is 2.67. The number of hydrogen-bond donors (Lipinski definition) is 2. The van der Waals surface area contributed by atoms with Gasteiger partial charge in [-0.3, -0.25) is 0 Å². The first-order valence-electron chi connectivity index (χ1n) is 4.36. The van der Waals surface area contributed by atoms with E-state index in [0.717, 1.165) is 12.8 Å². The molecule has 2 nitrogen and oxygen atoms in total. The maximum Gasteiger partial charge on any atom is 0.0512 e. The summed E-state index contributed by atoms with van der Waals surface area (Å²) in [5, 5.41) is 18.3. The van der Waals surface area contributed by atoms with Crippen molar-refractivity contribution in [1.29, 1.82) is 0 Å². The molecule has 2 N–H and O–H groups in total. The summed E-state index contributed by atoms with van der Waals surface area (Å²) in [6.07, 6.45) is 2.11. The summed E-state index contributed by atoms with van der Waals surface area (Å²) in [7, 11) is 0. The second-order valence-electron chi connectivity index (χ2n) is 4.12. The molecular formula is C9H18O2. The van der Waals surface area contributed by atoms with Gasteiger partial charge >= 0.3 is 0 Å². The lowest BCUT2D eigenvalue weighted by Gasteiger charge is -2.29. The van der Waals surface area contributed by atoms with Crippen LogP contribution in [0.4, 0.5) is 0 Å². The highest BCUT2D eigenvalue weighted by molar-refractivity contribution is 4.91. The van der Waals surface area contributed by atoms with Gasteiger partial charge in [-0.25, -0.2) is 0 Å². The van der Waals surface area contributed by atoms with Crippen molar-refractivity contribution in [2.75, 3.05) is 13.2 Å². The van der Waals surface area contributed by atoms with Crippen LogP contribution in [-0.2, 0) is 0 Å². The second-order valence-corrected chi connectivity index (χ2v) is 4.12. The molecular weight excluding hydrogens is 140 g/mol. The fourth-order valence-corrected chi connectivity index (χ4v) is 2.32. The van der Waals surface area contributed by atoms with E-state index in [-0.39, 0.29) is 18.6 Å². The molecule has 0 aromatic rings. The van der Waals surface area contributed by atoms with E-state index in [2.05, 4.69) is 13.8 Å². The van der Waals surface area contributed by atoms with Gasteiger partial charge in [0.25, 0.3) is 0 Å². The van der Waals surface area contributed by atoms with Crippen LogP contribution in [-0.4, -0.2) is 23.4 Å². The fraction of sp³-hybridized carbons (Fsp3) is 1.00. The van der Waals surface area contributed by atoms with Crippen molar-refractivity contribution in [2.45, 2.75) is 26.7 Å². The van der Waals surface area contributed by atoms with E-state index < -0.39 is 0 Å². The van der Waals surface area contributed by atoms with Crippen LogP contribution in [0, 0.1) is 17.3 Å². The summed E-state index contributed by atoms with van der Waals surface area (Å²) >= 11 is 0. The molecule has 66 valence electrons. The molecule has 0 radical (unpaired) electrons. The molecule has 0 spiro atoms. The van der Waals surface area contributed by atoms with Crippen molar-refractivity contribution < 1.29 is 10.2 Å². The van der Waals surface area contributed by atoms with Gasteiger partial charge in [0.15, 0.2) is 0 Å². The molecule has 0 heterocycles. The van der Waals surface area contributed by atoms with Crippen molar-refractivity contribution in [1.82, 2.24) is 0 Å². The van der Waals surface area contributed by atoms with Gasteiger partial charge in [0, 0.05) is 5.41 Å². The van der Waals surface area contributed by atoms with E-state index >= 15 is 0 Å². The largest absolute Gasteiger partial charge is 0.396 e. The molecule has 1 aliphatic rings. The number of rotatable bonds is 2. The zero-order valence-corrected chi connectivity index (χ0v) is 7.38. The van der Waals surface area contributed by atoms with Gasteiger partial charge in [-0.2, -0.15) is 0 Å². The number of hydrogen-bond acceptors (Lipinski definition) is 2. The normalized spacial score (nSPS) is 36.0. The topological polar surface area (TPSA) is 40.5 Å². The molecule has 1 aliphatic carbocycles. The third-order valence-electron chi connectivity index (χ3n) is 3.19. The van der Waals surface area contributed by atoms with Crippen LogP contribution in [0.25, 0.3) is 0 Å². The predicted molar refractivity (Wildman–Crippen MR) is 44.2 cm³/mol. The van der Waals surface area contributed by atoms with Crippen molar-refractivity contribution >= 4 is 0 Å². The van der Waals surface area contributed by atoms with Crippen LogP contribution in [0.15, 0.2) is 0 Å². The maximum absolute atomic E-state index is 9.14. The fourth-order valence-electron chi connectivity index (χ4n) is 2.32. The molecule has 0 aromatic heterocycles. The summed E-state index contributed by atoms with van der Waals surface area (Å²) in [5.74, 6) is 1.12. The maximum atomic E-state index is 9.14. The first kappa shape index (κ1) is 9.01. The molecule has 0 aromatic carbocycles. The second kappa shape index (κ2) is 3.11. The lowest BCUT2D eigenvalue weighted by Crippen LogP contribution is -2.32. The standard InChI is InChI=1S/C9H18O2/c1-7-3-8(2)9(4-7,5-10)6-11/h7-8,10-11H,3-6H2,1-2H3/t7-,8+/m1/s1. The molecule has 1 rings (SSSR count). The minimum absolute atomic E-state index is 0.134. The Bertz CT molecular complexity index is 130. The Kier molecular flexibility index (Phi) is 2.55. The Labute approximate surface area is 68.2 Å². The van der Waals surface area contributed by atoms with Crippen LogP contribution in [0.2, 0.25) is 0 Å². The van der Waals surface area contributed by atoms with Gasteiger partial charge in [0.1, 0.15) is 0 Å². The van der Waals surface area contributed by atoms with Crippen molar-refractivity contribution in [2.24, 2.45) is 17.3 Å². The van der Waals surface area contributed by atoms with Gasteiger partial charge in [0.05, 0.1) is 13.2 Å². The minimum atomic E-state index is -0.181. The molecule has 0 unspecified atom stereocenters. The van der Waals surface area contributed by atoms with Gasteiger partial charge in [0.2, 0.25) is 0 Å². The summed E-state index contributed by atoms with van der Waals surface area (Å²) in [4.78, 5) is 0. The molecule has 1 saturated carbocycles. The van der Waals surface area contributed by atoms with Gasteiger partial charge in [-0.05, 0) is 24.7 Å². The van der Waals surface area contributed by atoms with E-state index in [4.69, 9.17) is 10.2 Å². The third kappa shape index (κ3) is 1.42. The van der Waals surface area contributed by atoms with Crippen molar-refractivity contribution in [3.8, 4) is 0 Å². The molecule has 0 bridgehead atoms. The van der Waals surface area contributed by atoms with Gasteiger partial charge in [-0.15, -0.1) is 0 Å². The van der Waals surface area contributed by atoms with Crippen LogP contribution in [0.5, 0.6) is 0 Å². The SMILES string of the molecule is C[C@@H]1C[C@H](C)C(CO)(CO)C1. The lowest BCUT2D eigenvalue weighted by atomic mass is 9.80. The molecule has 0 aliphatic heterocycles. The van der Waals surface area contributed by atoms with E-state index in [1.165, 1.54) is 0 Å². The van der Waals surface area contributed by atoms with E-state index in [1.54, 1.807) is 0 Å². The van der Waals surface area contributed by atoms with Crippen molar-refractivity contribution in [3.63, 3.8) is 0 Å². The van der Waals surface area contributed by atoms with Crippen molar-refractivity contribution in [3.05, 3.63) is 0 Å². The van der Waals surface area contributed by atoms with E-state index in [0.29, 0.717) is 11.8 Å². The van der Waals surface area contributed by atoms with Gasteiger partial charge in [-0.1, -0.05) is 13.8 Å². The monoisotopic (exact) mass is 158 g/mol. The number of aliphatic hydroxyl groups excluding tert-OH is 2. The lowest BCUT2D eigenvalue weighted by molar-refractivity contribution is 0.0270. The highest BCUT2D eigenvalue weighted by Crippen LogP contribution is 2.45. The third-order valence-corrected chi connectivity index (χ3v) is 3.19. The number of aliphatic hydroxyl groups is 2. The summed E-state index contributed by atoms with van der Waals surface area (Å²) in [6, 6.07) is 0. The van der Waals surface area contributed by atoms with Crippen LogP contribution >= 0.6 is 0 Å². The Hall–Kier alpha value is -0.0800. The Morgan fingerprint density at radius 1 is 1.27 bits per heavy atom. The molecule has 2 heteroatoms. The van der Waals surface area contributed by atoms with Gasteiger partial charge < -0.3 is 10.2 Å². The van der Waals surface area contributed by atoms with Crippen LogP contribution in [0.3, 0.4) is 0 Å². The first-order chi connectivity index (χ1) is 5.14. The average Bonchev–Trinajstić information content (AvgIpc) is 2.27. The smallest absolute Gasteiger partial charge is 0.0512 e. The summed E-state index contributed by atoms with van der Waals surface area (Å²) < 4.78 is 0.